The lowest BCUT2D eigenvalue weighted by Gasteiger charge is -2.05. The number of hydrogen-bond donors (Lipinski definition) is 2. The topological polar surface area (TPSA) is 58.3 Å². The molecule has 2 aromatic rings. The molecule has 0 aliphatic rings. The minimum atomic E-state index is 0.0848. The summed E-state index contributed by atoms with van der Waals surface area (Å²) in [7, 11) is 0. The van der Waals surface area contributed by atoms with Crippen LogP contribution in [-0.2, 0) is 6.54 Å². The van der Waals surface area contributed by atoms with Crippen molar-refractivity contribution in [3.63, 3.8) is 0 Å². The Morgan fingerprint density at radius 2 is 1.93 bits per heavy atom. The third-order valence-corrected chi connectivity index (χ3v) is 2.18. The minimum absolute atomic E-state index is 0.0848. The van der Waals surface area contributed by atoms with E-state index in [2.05, 4.69) is 4.98 Å². The lowest BCUT2D eigenvalue weighted by atomic mass is 10.2. The summed E-state index contributed by atoms with van der Waals surface area (Å²) in [5.74, 6) is 1.03. The van der Waals surface area contributed by atoms with Gasteiger partial charge in [-0.05, 0) is 24.3 Å². The molecule has 4 heteroatoms. The van der Waals surface area contributed by atoms with Crippen molar-refractivity contribution in [3.05, 3.63) is 36.7 Å². The maximum absolute atomic E-state index is 9.16. The molecule has 15 heavy (non-hydrogen) atoms. The number of imidazole rings is 1. The molecule has 0 radical (unpaired) electrons. The van der Waals surface area contributed by atoms with Gasteiger partial charge in [-0.2, -0.15) is 0 Å². The highest BCUT2D eigenvalue weighted by Gasteiger charge is 2.04. The van der Waals surface area contributed by atoms with Gasteiger partial charge in [0.25, 0.3) is 0 Å². The van der Waals surface area contributed by atoms with Crippen LogP contribution in [0.4, 0.5) is 0 Å². The third kappa shape index (κ3) is 1.99. The summed E-state index contributed by atoms with van der Waals surface area (Å²) in [6.45, 7) is 0.609. The van der Waals surface area contributed by atoms with Gasteiger partial charge in [-0.15, -0.1) is 0 Å². The molecule has 0 saturated carbocycles. The number of hydrogen-bond acceptors (Lipinski definition) is 3. The summed E-state index contributed by atoms with van der Waals surface area (Å²) in [5, 5.41) is 18.0. The fraction of sp³-hybridized carbons (Fsp3) is 0.182. The Morgan fingerprint density at radius 1 is 1.20 bits per heavy atom. The summed E-state index contributed by atoms with van der Waals surface area (Å²) < 4.78 is 1.87. The molecule has 0 saturated heterocycles. The first-order valence-electron chi connectivity index (χ1n) is 4.72. The molecule has 4 nitrogen and oxygen atoms in total. The van der Waals surface area contributed by atoms with Crippen molar-refractivity contribution in [2.24, 2.45) is 0 Å². The van der Waals surface area contributed by atoms with Crippen molar-refractivity contribution in [2.75, 3.05) is 6.61 Å². The largest absolute Gasteiger partial charge is 0.508 e. The Hall–Kier alpha value is -1.81. The average molecular weight is 204 g/mol. The number of nitrogens with zero attached hydrogens (tertiary/aromatic N) is 2. The van der Waals surface area contributed by atoms with Gasteiger partial charge in [-0.1, -0.05) is 0 Å². The Morgan fingerprint density at radius 3 is 2.60 bits per heavy atom. The normalized spacial score (nSPS) is 10.5. The molecule has 0 bridgehead atoms. The van der Waals surface area contributed by atoms with E-state index in [-0.39, 0.29) is 12.4 Å². The number of aromatic hydroxyl groups is 1. The molecule has 0 aliphatic carbocycles. The smallest absolute Gasteiger partial charge is 0.139 e. The lowest BCUT2D eigenvalue weighted by molar-refractivity contribution is 0.276. The van der Waals surface area contributed by atoms with Gasteiger partial charge in [0, 0.05) is 24.5 Å². The molecular weight excluding hydrogens is 192 g/mol. The van der Waals surface area contributed by atoms with Gasteiger partial charge in [0.1, 0.15) is 11.6 Å². The van der Waals surface area contributed by atoms with Gasteiger partial charge < -0.3 is 14.8 Å². The average Bonchev–Trinajstić information content (AvgIpc) is 2.68. The zero-order valence-corrected chi connectivity index (χ0v) is 8.17. The van der Waals surface area contributed by atoms with Crippen LogP contribution in [0.1, 0.15) is 0 Å². The standard InChI is InChI=1S/C11H12N2O2/c14-8-7-13-6-5-12-11(13)9-1-3-10(15)4-2-9/h1-6,14-15H,7-8H2. The van der Waals surface area contributed by atoms with Crippen LogP contribution in [0.5, 0.6) is 5.75 Å². The maximum Gasteiger partial charge on any atom is 0.139 e. The monoisotopic (exact) mass is 204 g/mol. The summed E-state index contributed by atoms with van der Waals surface area (Å²) >= 11 is 0. The van der Waals surface area contributed by atoms with Crippen LogP contribution in [0, 0.1) is 0 Å². The van der Waals surface area contributed by atoms with Crippen LogP contribution in [0.3, 0.4) is 0 Å². The van der Waals surface area contributed by atoms with Gasteiger partial charge in [0.05, 0.1) is 6.61 Å². The Kier molecular flexibility index (Phi) is 2.69. The van der Waals surface area contributed by atoms with Crippen molar-refractivity contribution >= 4 is 0 Å². The fourth-order valence-electron chi connectivity index (χ4n) is 1.47. The Bertz CT molecular complexity index is 434. The molecule has 0 spiro atoms. The van der Waals surface area contributed by atoms with E-state index in [1.807, 2.05) is 10.8 Å². The number of rotatable bonds is 3. The number of phenolic OH excluding ortho intramolecular Hbond substituents is 1. The van der Waals surface area contributed by atoms with Gasteiger partial charge in [0.2, 0.25) is 0 Å². The van der Waals surface area contributed by atoms with E-state index in [0.29, 0.717) is 6.54 Å². The molecular formula is C11H12N2O2. The molecule has 0 fully saturated rings. The second-order valence-corrected chi connectivity index (χ2v) is 3.21. The van der Waals surface area contributed by atoms with E-state index in [1.54, 1.807) is 30.5 Å². The third-order valence-electron chi connectivity index (χ3n) is 2.18. The predicted molar refractivity (Wildman–Crippen MR) is 56.4 cm³/mol. The van der Waals surface area contributed by atoms with Crippen LogP contribution in [-0.4, -0.2) is 26.4 Å². The highest BCUT2D eigenvalue weighted by molar-refractivity contribution is 5.56. The molecule has 0 amide bonds. The first-order valence-corrected chi connectivity index (χ1v) is 4.72. The van der Waals surface area contributed by atoms with E-state index in [1.165, 1.54) is 0 Å². The van der Waals surface area contributed by atoms with Crippen molar-refractivity contribution in [1.29, 1.82) is 0 Å². The highest BCUT2D eigenvalue weighted by Crippen LogP contribution is 2.19. The summed E-state index contributed by atoms with van der Waals surface area (Å²) in [4.78, 5) is 4.20. The summed E-state index contributed by atoms with van der Waals surface area (Å²) in [6, 6.07) is 6.83. The molecule has 1 heterocycles. The number of phenols is 1. The number of benzene rings is 1. The quantitative estimate of drug-likeness (QED) is 0.791. The molecule has 0 atom stereocenters. The van der Waals surface area contributed by atoms with E-state index in [4.69, 9.17) is 10.2 Å². The van der Waals surface area contributed by atoms with Gasteiger partial charge >= 0.3 is 0 Å². The van der Waals surface area contributed by atoms with Gasteiger partial charge in [-0.3, -0.25) is 0 Å². The summed E-state index contributed by atoms with van der Waals surface area (Å²) in [6.07, 6.45) is 3.51. The second-order valence-electron chi connectivity index (χ2n) is 3.21. The van der Waals surface area contributed by atoms with Gasteiger partial charge in [0.15, 0.2) is 0 Å². The molecule has 2 N–H and O–H groups in total. The van der Waals surface area contributed by atoms with Crippen LogP contribution in [0.15, 0.2) is 36.7 Å². The molecule has 78 valence electrons. The van der Waals surface area contributed by atoms with Gasteiger partial charge in [-0.25, -0.2) is 4.98 Å². The first-order chi connectivity index (χ1) is 7.31. The van der Waals surface area contributed by atoms with Crippen molar-refractivity contribution in [3.8, 4) is 17.1 Å². The number of aliphatic hydroxyl groups excluding tert-OH is 1. The highest BCUT2D eigenvalue weighted by atomic mass is 16.3. The van der Waals surface area contributed by atoms with E-state index < -0.39 is 0 Å². The van der Waals surface area contributed by atoms with Crippen molar-refractivity contribution < 1.29 is 10.2 Å². The van der Waals surface area contributed by atoms with E-state index >= 15 is 0 Å². The molecule has 2 rings (SSSR count). The van der Waals surface area contributed by atoms with E-state index in [0.717, 1.165) is 11.4 Å². The second kappa shape index (κ2) is 4.14. The van der Waals surface area contributed by atoms with Crippen LogP contribution in [0.2, 0.25) is 0 Å². The minimum Gasteiger partial charge on any atom is -0.508 e. The predicted octanol–water partition coefficient (Wildman–Crippen LogP) is 1.25. The summed E-state index contributed by atoms with van der Waals surface area (Å²) in [5.41, 5.74) is 0.922. The molecule has 0 unspecified atom stereocenters. The maximum atomic E-state index is 9.16. The zero-order valence-electron chi connectivity index (χ0n) is 8.17. The van der Waals surface area contributed by atoms with Crippen LogP contribution < -0.4 is 0 Å². The van der Waals surface area contributed by atoms with Crippen molar-refractivity contribution in [1.82, 2.24) is 9.55 Å². The van der Waals surface area contributed by atoms with Crippen molar-refractivity contribution in [2.45, 2.75) is 6.54 Å². The van der Waals surface area contributed by atoms with Crippen LogP contribution >= 0.6 is 0 Å². The Labute approximate surface area is 87.4 Å². The number of aliphatic hydroxyl groups is 1. The Balaban J connectivity index is 2.36. The van der Waals surface area contributed by atoms with Crippen LogP contribution in [0.25, 0.3) is 11.4 Å². The first kappa shape index (κ1) is 9.73. The lowest BCUT2D eigenvalue weighted by Crippen LogP contribution is -2.02. The molecule has 1 aromatic carbocycles. The SMILES string of the molecule is OCCn1ccnc1-c1ccc(O)cc1. The zero-order chi connectivity index (χ0) is 10.7. The van der Waals surface area contributed by atoms with E-state index in [9.17, 15) is 0 Å². The molecule has 0 aliphatic heterocycles. The number of aromatic nitrogens is 2. The molecule has 1 aromatic heterocycles. The fourth-order valence-corrected chi connectivity index (χ4v) is 1.47.